The summed E-state index contributed by atoms with van der Waals surface area (Å²) in [5.41, 5.74) is 2.84. The summed E-state index contributed by atoms with van der Waals surface area (Å²) in [5.74, 6) is -0.192. The third kappa shape index (κ3) is 3.66. The molecule has 5 nitrogen and oxygen atoms in total. The van der Waals surface area contributed by atoms with Crippen molar-refractivity contribution in [3.63, 3.8) is 0 Å². The minimum atomic E-state index is -3.61. The Bertz CT molecular complexity index is 845. The lowest BCUT2D eigenvalue weighted by molar-refractivity contribution is -0.114. The Morgan fingerprint density at radius 2 is 1.79 bits per heavy atom. The summed E-state index contributed by atoms with van der Waals surface area (Å²) in [4.78, 5) is 11.2. The van der Waals surface area contributed by atoms with Gasteiger partial charge in [-0.3, -0.25) is 4.79 Å². The van der Waals surface area contributed by atoms with Gasteiger partial charge < -0.3 is 5.32 Å². The number of sulfonamides is 1. The zero-order valence-electron chi connectivity index (χ0n) is 13.5. The molecule has 0 saturated heterocycles. The highest BCUT2D eigenvalue weighted by atomic mass is 32.2. The van der Waals surface area contributed by atoms with Gasteiger partial charge in [0.25, 0.3) is 0 Å². The molecule has 126 valence electrons. The number of carbonyl (C=O) groups is 1. The SMILES string of the molecule is CC(=O)Nc1ccc(S(=O)(=O)N[C@H]2CCCc3ccccc32)cc1. The number of fused-ring (bicyclic) bond motifs is 1. The van der Waals surface area contributed by atoms with Crippen LogP contribution in [0, 0.1) is 0 Å². The second kappa shape index (κ2) is 6.75. The van der Waals surface area contributed by atoms with Gasteiger partial charge in [-0.05, 0) is 54.7 Å². The summed E-state index contributed by atoms with van der Waals surface area (Å²) >= 11 is 0. The molecule has 2 aromatic carbocycles. The van der Waals surface area contributed by atoms with E-state index in [-0.39, 0.29) is 16.8 Å². The molecule has 2 aromatic rings. The number of aryl methyl sites for hydroxylation is 1. The van der Waals surface area contributed by atoms with E-state index in [1.165, 1.54) is 24.6 Å². The quantitative estimate of drug-likeness (QED) is 0.895. The summed E-state index contributed by atoms with van der Waals surface area (Å²) in [6.45, 7) is 1.41. The van der Waals surface area contributed by atoms with E-state index in [0.29, 0.717) is 5.69 Å². The van der Waals surface area contributed by atoms with Gasteiger partial charge in [0, 0.05) is 18.7 Å². The van der Waals surface area contributed by atoms with Gasteiger partial charge in [0.1, 0.15) is 0 Å². The molecular formula is C18H20N2O3S. The summed E-state index contributed by atoms with van der Waals surface area (Å²) in [5, 5.41) is 2.62. The molecule has 0 aliphatic heterocycles. The van der Waals surface area contributed by atoms with E-state index in [4.69, 9.17) is 0 Å². The van der Waals surface area contributed by atoms with E-state index < -0.39 is 10.0 Å². The lowest BCUT2D eigenvalue weighted by Gasteiger charge is -2.26. The van der Waals surface area contributed by atoms with Crippen LogP contribution in [0.2, 0.25) is 0 Å². The number of benzene rings is 2. The standard InChI is InChI=1S/C18H20N2O3S/c1-13(21)19-15-9-11-16(12-10-15)24(22,23)20-18-8-4-6-14-5-2-3-7-17(14)18/h2-3,5,7,9-12,18,20H,4,6,8H2,1H3,(H,19,21)/t18-/m0/s1. The molecule has 0 radical (unpaired) electrons. The van der Waals surface area contributed by atoms with Crippen LogP contribution in [0.3, 0.4) is 0 Å². The second-order valence-electron chi connectivity index (χ2n) is 5.97. The van der Waals surface area contributed by atoms with Gasteiger partial charge >= 0.3 is 0 Å². The van der Waals surface area contributed by atoms with Crippen LogP contribution in [0.15, 0.2) is 53.4 Å². The highest BCUT2D eigenvalue weighted by Crippen LogP contribution is 2.30. The third-order valence-electron chi connectivity index (χ3n) is 4.15. The highest BCUT2D eigenvalue weighted by Gasteiger charge is 2.25. The molecule has 1 aliphatic rings. The number of hydrogen-bond acceptors (Lipinski definition) is 3. The zero-order valence-corrected chi connectivity index (χ0v) is 14.3. The minimum absolute atomic E-state index is 0.192. The van der Waals surface area contributed by atoms with Crippen LogP contribution >= 0.6 is 0 Å². The van der Waals surface area contributed by atoms with Crippen molar-refractivity contribution >= 4 is 21.6 Å². The van der Waals surface area contributed by atoms with Gasteiger partial charge in [-0.25, -0.2) is 13.1 Å². The van der Waals surface area contributed by atoms with Crippen LogP contribution < -0.4 is 10.0 Å². The van der Waals surface area contributed by atoms with Crippen LogP contribution in [-0.2, 0) is 21.2 Å². The summed E-state index contributed by atoms with van der Waals surface area (Å²) in [6.07, 6.45) is 2.74. The normalized spacial score (nSPS) is 17.1. The molecule has 0 fully saturated rings. The largest absolute Gasteiger partial charge is 0.326 e. The number of amides is 1. The Balaban J connectivity index is 1.81. The Labute approximate surface area is 142 Å². The van der Waals surface area contributed by atoms with Crippen molar-refractivity contribution in [1.82, 2.24) is 4.72 Å². The Kier molecular flexibility index (Phi) is 4.69. The van der Waals surface area contributed by atoms with Crippen molar-refractivity contribution in [1.29, 1.82) is 0 Å². The first-order valence-electron chi connectivity index (χ1n) is 7.93. The highest BCUT2D eigenvalue weighted by molar-refractivity contribution is 7.89. The van der Waals surface area contributed by atoms with Crippen molar-refractivity contribution < 1.29 is 13.2 Å². The lowest BCUT2D eigenvalue weighted by Crippen LogP contribution is -2.31. The van der Waals surface area contributed by atoms with Crippen molar-refractivity contribution in [3.05, 3.63) is 59.7 Å². The average molecular weight is 344 g/mol. The molecule has 0 saturated carbocycles. The van der Waals surface area contributed by atoms with E-state index in [0.717, 1.165) is 24.8 Å². The molecule has 0 heterocycles. The predicted molar refractivity (Wildman–Crippen MR) is 93.2 cm³/mol. The fraction of sp³-hybridized carbons (Fsp3) is 0.278. The van der Waals surface area contributed by atoms with Crippen LogP contribution in [0.4, 0.5) is 5.69 Å². The Morgan fingerprint density at radius 1 is 1.08 bits per heavy atom. The lowest BCUT2D eigenvalue weighted by atomic mass is 9.88. The molecule has 0 bridgehead atoms. The molecule has 0 unspecified atom stereocenters. The molecule has 0 spiro atoms. The number of carbonyl (C=O) groups excluding carboxylic acids is 1. The third-order valence-corrected chi connectivity index (χ3v) is 5.64. The van der Waals surface area contributed by atoms with Gasteiger partial charge in [-0.2, -0.15) is 0 Å². The van der Waals surface area contributed by atoms with Crippen LogP contribution in [0.5, 0.6) is 0 Å². The van der Waals surface area contributed by atoms with Crippen molar-refractivity contribution in [2.45, 2.75) is 37.1 Å². The van der Waals surface area contributed by atoms with Crippen LogP contribution in [0.1, 0.15) is 36.9 Å². The first-order chi connectivity index (χ1) is 11.5. The van der Waals surface area contributed by atoms with E-state index in [1.807, 2.05) is 18.2 Å². The Morgan fingerprint density at radius 3 is 2.50 bits per heavy atom. The van der Waals surface area contributed by atoms with E-state index in [1.54, 1.807) is 12.1 Å². The molecule has 6 heteroatoms. The average Bonchev–Trinajstić information content (AvgIpc) is 2.55. The summed E-state index contributed by atoms with van der Waals surface area (Å²) in [7, 11) is -3.61. The summed E-state index contributed by atoms with van der Waals surface area (Å²) in [6, 6.07) is 13.9. The van der Waals surface area contributed by atoms with Crippen molar-refractivity contribution in [2.75, 3.05) is 5.32 Å². The van der Waals surface area contributed by atoms with Crippen LogP contribution in [0.25, 0.3) is 0 Å². The Hall–Kier alpha value is -2.18. The number of nitrogens with one attached hydrogen (secondary N) is 2. The number of anilines is 1. The monoisotopic (exact) mass is 344 g/mol. The van der Waals surface area contributed by atoms with Gasteiger partial charge in [0.05, 0.1) is 4.90 Å². The smallest absolute Gasteiger partial charge is 0.241 e. The molecule has 1 aliphatic carbocycles. The minimum Gasteiger partial charge on any atom is -0.326 e. The van der Waals surface area contributed by atoms with E-state index in [2.05, 4.69) is 16.1 Å². The maximum atomic E-state index is 12.6. The van der Waals surface area contributed by atoms with Crippen molar-refractivity contribution in [2.24, 2.45) is 0 Å². The number of hydrogen-bond donors (Lipinski definition) is 2. The van der Waals surface area contributed by atoms with Gasteiger partial charge in [-0.15, -0.1) is 0 Å². The molecular weight excluding hydrogens is 324 g/mol. The molecule has 0 aromatic heterocycles. The molecule has 1 amide bonds. The molecule has 2 N–H and O–H groups in total. The van der Waals surface area contributed by atoms with Crippen LogP contribution in [-0.4, -0.2) is 14.3 Å². The second-order valence-corrected chi connectivity index (χ2v) is 7.68. The van der Waals surface area contributed by atoms with E-state index >= 15 is 0 Å². The fourth-order valence-corrected chi connectivity index (χ4v) is 4.30. The summed E-state index contributed by atoms with van der Waals surface area (Å²) < 4.78 is 28.1. The van der Waals surface area contributed by atoms with Gasteiger partial charge in [0.2, 0.25) is 15.9 Å². The van der Waals surface area contributed by atoms with E-state index in [9.17, 15) is 13.2 Å². The topological polar surface area (TPSA) is 75.3 Å². The van der Waals surface area contributed by atoms with Gasteiger partial charge in [-0.1, -0.05) is 24.3 Å². The maximum Gasteiger partial charge on any atom is 0.241 e. The zero-order chi connectivity index (χ0) is 17.2. The fourth-order valence-electron chi connectivity index (χ4n) is 3.05. The predicted octanol–water partition coefficient (Wildman–Crippen LogP) is 3.00. The molecule has 24 heavy (non-hydrogen) atoms. The first-order valence-corrected chi connectivity index (χ1v) is 9.42. The molecule has 3 rings (SSSR count). The number of rotatable bonds is 4. The molecule has 1 atom stereocenters. The first kappa shape index (κ1) is 16.7. The van der Waals surface area contributed by atoms with Crippen molar-refractivity contribution in [3.8, 4) is 0 Å². The maximum absolute atomic E-state index is 12.6. The van der Waals surface area contributed by atoms with Gasteiger partial charge in [0.15, 0.2) is 0 Å².